The largest absolute Gasteiger partial charge is 0.384 e. The summed E-state index contributed by atoms with van der Waals surface area (Å²) >= 11 is 0. The predicted octanol–water partition coefficient (Wildman–Crippen LogP) is 1.24. The molecule has 1 aromatic heterocycles. The lowest BCUT2D eigenvalue weighted by Gasteiger charge is -2.36. The van der Waals surface area contributed by atoms with Crippen LogP contribution in [0.2, 0.25) is 0 Å². The van der Waals surface area contributed by atoms with Crippen LogP contribution in [0.1, 0.15) is 20.3 Å². The number of amides is 1. The number of carbonyl (C=O) groups excluding carboxylic acids is 1. The molecule has 0 aliphatic carbocycles. The van der Waals surface area contributed by atoms with Gasteiger partial charge in [0.1, 0.15) is 6.04 Å². The molecular weight excluding hydrogens is 268 g/mol. The van der Waals surface area contributed by atoms with E-state index in [2.05, 4.69) is 27.4 Å². The number of likely N-dealkylation sites (N-methyl/N-ethyl adjacent to an activating group) is 1. The highest BCUT2D eigenvalue weighted by Gasteiger charge is 2.29. The van der Waals surface area contributed by atoms with Gasteiger partial charge in [-0.15, -0.1) is 0 Å². The number of nitrogens with zero attached hydrogens (tertiary/aromatic N) is 2. The fourth-order valence-electron chi connectivity index (χ4n) is 2.37. The van der Waals surface area contributed by atoms with Crippen LogP contribution >= 0.6 is 0 Å². The van der Waals surface area contributed by atoms with Gasteiger partial charge in [-0.25, -0.2) is 0 Å². The molecule has 1 saturated heterocycles. The monoisotopic (exact) mass is 292 g/mol. The van der Waals surface area contributed by atoms with Crippen molar-refractivity contribution in [3.8, 4) is 0 Å². The van der Waals surface area contributed by atoms with Crippen LogP contribution in [0.4, 0.5) is 11.4 Å². The zero-order chi connectivity index (χ0) is 15.1. The van der Waals surface area contributed by atoms with Crippen LogP contribution in [0.15, 0.2) is 18.5 Å². The molecule has 0 spiro atoms. The van der Waals surface area contributed by atoms with Gasteiger partial charge in [0, 0.05) is 19.6 Å². The molecule has 0 aromatic carbocycles. The SMILES string of the molecule is CCCNc1cncc(N2CCOCC2C(=O)NCC)c1. The molecule has 1 aliphatic heterocycles. The van der Waals surface area contributed by atoms with E-state index >= 15 is 0 Å². The molecule has 116 valence electrons. The number of hydrogen-bond acceptors (Lipinski definition) is 5. The first-order chi connectivity index (χ1) is 10.3. The highest BCUT2D eigenvalue weighted by atomic mass is 16.5. The van der Waals surface area contributed by atoms with Crippen LogP contribution in [0.3, 0.4) is 0 Å². The maximum atomic E-state index is 12.2. The summed E-state index contributed by atoms with van der Waals surface area (Å²) in [7, 11) is 0. The number of anilines is 2. The van der Waals surface area contributed by atoms with Gasteiger partial charge in [-0.05, 0) is 19.4 Å². The zero-order valence-corrected chi connectivity index (χ0v) is 12.8. The molecule has 0 saturated carbocycles. The fourth-order valence-corrected chi connectivity index (χ4v) is 2.37. The molecule has 6 heteroatoms. The van der Waals surface area contributed by atoms with Crippen molar-refractivity contribution < 1.29 is 9.53 Å². The summed E-state index contributed by atoms with van der Waals surface area (Å²) in [5, 5.41) is 6.19. The van der Waals surface area contributed by atoms with Crippen LogP contribution in [0.5, 0.6) is 0 Å². The van der Waals surface area contributed by atoms with E-state index in [9.17, 15) is 4.79 Å². The molecule has 2 heterocycles. The van der Waals surface area contributed by atoms with Gasteiger partial charge < -0.3 is 20.3 Å². The van der Waals surface area contributed by atoms with E-state index in [1.807, 2.05) is 13.0 Å². The Bertz CT molecular complexity index is 467. The van der Waals surface area contributed by atoms with Crippen molar-refractivity contribution in [2.24, 2.45) is 0 Å². The Morgan fingerprint density at radius 2 is 2.33 bits per heavy atom. The summed E-state index contributed by atoms with van der Waals surface area (Å²) in [4.78, 5) is 18.5. The van der Waals surface area contributed by atoms with E-state index in [0.29, 0.717) is 26.3 Å². The van der Waals surface area contributed by atoms with Gasteiger partial charge in [-0.3, -0.25) is 9.78 Å². The standard InChI is InChI=1S/C15H24N4O2/c1-3-5-18-12-8-13(10-16-9-12)19-6-7-21-11-14(19)15(20)17-4-2/h8-10,14,18H,3-7,11H2,1-2H3,(H,17,20). The van der Waals surface area contributed by atoms with E-state index < -0.39 is 0 Å². The van der Waals surface area contributed by atoms with E-state index in [4.69, 9.17) is 4.74 Å². The highest BCUT2D eigenvalue weighted by Crippen LogP contribution is 2.22. The molecule has 1 unspecified atom stereocenters. The second-order valence-corrected chi connectivity index (χ2v) is 5.04. The molecule has 2 rings (SSSR count). The lowest BCUT2D eigenvalue weighted by molar-refractivity contribution is -0.124. The smallest absolute Gasteiger partial charge is 0.245 e. The minimum atomic E-state index is -0.290. The van der Waals surface area contributed by atoms with Crippen LogP contribution < -0.4 is 15.5 Å². The Kier molecular flexibility index (Phi) is 5.80. The topological polar surface area (TPSA) is 66.5 Å². The van der Waals surface area contributed by atoms with Gasteiger partial charge >= 0.3 is 0 Å². The van der Waals surface area contributed by atoms with E-state index in [-0.39, 0.29) is 11.9 Å². The normalized spacial score (nSPS) is 18.4. The third-order valence-corrected chi connectivity index (χ3v) is 3.42. The molecule has 1 fully saturated rings. The van der Waals surface area contributed by atoms with E-state index in [0.717, 1.165) is 24.3 Å². The molecule has 21 heavy (non-hydrogen) atoms. The first kappa shape index (κ1) is 15.6. The number of pyridine rings is 1. The Morgan fingerprint density at radius 3 is 3.10 bits per heavy atom. The Labute approximate surface area is 125 Å². The average Bonchev–Trinajstić information content (AvgIpc) is 2.53. The molecule has 1 atom stereocenters. The number of hydrogen-bond donors (Lipinski definition) is 2. The molecule has 6 nitrogen and oxygen atoms in total. The first-order valence-electron chi connectivity index (χ1n) is 7.57. The quantitative estimate of drug-likeness (QED) is 0.826. The van der Waals surface area contributed by atoms with E-state index in [1.54, 1.807) is 12.4 Å². The van der Waals surface area contributed by atoms with Crippen molar-refractivity contribution in [2.45, 2.75) is 26.3 Å². The minimum absolute atomic E-state index is 0.00382. The number of carbonyl (C=O) groups is 1. The zero-order valence-electron chi connectivity index (χ0n) is 12.8. The van der Waals surface area contributed by atoms with Crippen LogP contribution in [0, 0.1) is 0 Å². The maximum absolute atomic E-state index is 12.2. The molecule has 2 N–H and O–H groups in total. The van der Waals surface area contributed by atoms with Gasteiger partial charge in [0.15, 0.2) is 0 Å². The second kappa shape index (κ2) is 7.83. The highest BCUT2D eigenvalue weighted by molar-refractivity contribution is 5.85. The summed E-state index contributed by atoms with van der Waals surface area (Å²) in [5.41, 5.74) is 1.94. The third kappa shape index (κ3) is 4.07. The minimum Gasteiger partial charge on any atom is -0.384 e. The van der Waals surface area contributed by atoms with Gasteiger partial charge in [0.25, 0.3) is 0 Å². The molecule has 1 aliphatic rings. The molecule has 1 aromatic rings. The van der Waals surface area contributed by atoms with Gasteiger partial charge in [-0.1, -0.05) is 6.92 Å². The van der Waals surface area contributed by atoms with Crippen LogP contribution in [0.25, 0.3) is 0 Å². The third-order valence-electron chi connectivity index (χ3n) is 3.42. The van der Waals surface area contributed by atoms with Crippen LogP contribution in [-0.4, -0.2) is 49.8 Å². The lowest BCUT2D eigenvalue weighted by Crippen LogP contribution is -2.54. The number of rotatable bonds is 6. The number of ether oxygens (including phenoxy) is 1. The van der Waals surface area contributed by atoms with Crippen molar-refractivity contribution in [1.82, 2.24) is 10.3 Å². The van der Waals surface area contributed by atoms with Gasteiger partial charge in [-0.2, -0.15) is 0 Å². The van der Waals surface area contributed by atoms with Crippen molar-refractivity contribution in [3.63, 3.8) is 0 Å². The molecule has 0 bridgehead atoms. The first-order valence-corrected chi connectivity index (χ1v) is 7.57. The summed E-state index contributed by atoms with van der Waals surface area (Å²) in [5.74, 6) is 0.00382. The fraction of sp³-hybridized carbons (Fsp3) is 0.600. The average molecular weight is 292 g/mol. The van der Waals surface area contributed by atoms with Gasteiger partial charge in [0.05, 0.1) is 37.0 Å². The van der Waals surface area contributed by atoms with Gasteiger partial charge in [0.2, 0.25) is 5.91 Å². The molecule has 0 radical (unpaired) electrons. The Balaban J connectivity index is 2.14. The van der Waals surface area contributed by atoms with Crippen molar-refractivity contribution >= 4 is 17.3 Å². The molecule has 1 amide bonds. The number of nitrogens with one attached hydrogen (secondary N) is 2. The molecular formula is C15H24N4O2. The number of aromatic nitrogens is 1. The Morgan fingerprint density at radius 1 is 1.48 bits per heavy atom. The van der Waals surface area contributed by atoms with Crippen molar-refractivity contribution in [2.75, 3.05) is 43.1 Å². The predicted molar refractivity (Wildman–Crippen MR) is 83.7 cm³/mol. The Hall–Kier alpha value is -1.82. The second-order valence-electron chi connectivity index (χ2n) is 5.04. The maximum Gasteiger partial charge on any atom is 0.245 e. The van der Waals surface area contributed by atoms with E-state index in [1.165, 1.54) is 0 Å². The van der Waals surface area contributed by atoms with Crippen LogP contribution in [-0.2, 0) is 9.53 Å². The van der Waals surface area contributed by atoms with Crippen molar-refractivity contribution in [1.29, 1.82) is 0 Å². The summed E-state index contributed by atoms with van der Waals surface area (Å²) in [6, 6.07) is 1.75. The number of morpholine rings is 1. The van der Waals surface area contributed by atoms with Crippen molar-refractivity contribution in [3.05, 3.63) is 18.5 Å². The lowest BCUT2D eigenvalue weighted by atomic mass is 10.2. The summed E-state index contributed by atoms with van der Waals surface area (Å²) in [6.07, 6.45) is 4.67. The summed E-state index contributed by atoms with van der Waals surface area (Å²) in [6.45, 7) is 7.31. The summed E-state index contributed by atoms with van der Waals surface area (Å²) < 4.78 is 5.46.